The van der Waals surface area contributed by atoms with Crippen LogP contribution >= 0.6 is 15.9 Å². The van der Waals surface area contributed by atoms with Crippen molar-refractivity contribution in [2.24, 2.45) is 0 Å². The van der Waals surface area contributed by atoms with Crippen molar-refractivity contribution in [3.05, 3.63) is 34.1 Å². The number of benzene rings is 1. The molecule has 3 nitrogen and oxygen atoms in total. The van der Waals surface area contributed by atoms with E-state index in [2.05, 4.69) is 40.0 Å². The highest BCUT2D eigenvalue weighted by Gasteiger charge is 2.28. The van der Waals surface area contributed by atoms with E-state index in [1.54, 1.807) is 6.07 Å². The normalized spacial score (nSPS) is 16.8. The number of rotatable bonds is 4. The summed E-state index contributed by atoms with van der Waals surface area (Å²) in [4.78, 5) is 14.6. The summed E-state index contributed by atoms with van der Waals surface area (Å²) in [7, 11) is 0. The fraction of sp³-hybridized carbons (Fsp3) is 0.562. The summed E-state index contributed by atoms with van der Waals surface area (Å²) >= 11 is 3.29. The molecule has 0 aromatic heterocycles. The van der Waals surface area contributed by atoms with Gasteiger partial charge in [-0.25, -0.2) is 4.39 Å². The molecule has 0 spiro atoms. The van der Waals surface area contributed by atoms with Gasteiger partial charge in [-0.15, -0.1) is 0 Å². The average molecular weight is 357 g/mol. The Bertz CT molecular complexity index is 513. The van der Waals surface area contributed by atoms with Crippen LogP contribution in [-0.2, 0) is 0 Å². The first-order chi connectivity index (χ1) is 9.90. The zero-order valence-corrected chi connectivity index (χ0v) is 14.2. The van der Waals surface area contributed by atoms with Crippen LogP contribution in [0.3, 0.4) is 0 Å². The summed E-state index contributed by atoms with van der Waals surface area (Å²) in [5.74, 6) is -0.648. The van der Waals surface area contributed by atoms with Crippen molar-refractivity contribution in [2.45, 2.75) is 38.6 Å². The summed E-state index contributed by atoms with van der Waals surface area (Å²) in [6.45, 7) is 6.98. The highest BCUT2D eigenvalue weighted by Crippen LogP contribution is 2.21. The molecule has 1 aromatic carbocycles. The van der Waals surface area contributed by atoms with E-state index in [0.29, 0.717) is 16.6 Å². The predicted molar refractivity (Wildman–Crippen MR) is 85.9 cm³/mol. The fourth-order valence-electron chi connectivity index (χ4n) is 2.67. The van der Waals surface area contributed by atoms with Crippen molar-refractivity contribution in [1.82, 2.24) is 10.2 Å². The van der Waals surface area contributed by atoms with Crippen LogP contribution in [0.15, 0.2) is 22.7 Å². The maximum Gasteiger partial charge on any atom is 0.252 e. The molecular formula is C16H22BrFN2O. The van der Waals surface area contributed by atoms with E-state index < -0.39 is 5.82 Å². The van der Waals surface area contributed by atoms with Crippen molar-refractivity contribution < 1.29 is 9.18 Å². The lowest BCUT2D eigenvalue weighted by Crippen LogP contribution is -2.53. The Morgan fingerprint density at radius 3 is 2.67 bits per heavy atom. The van der Waals surface area contributed by atoms with E-state index in [0.717, 1.165) is 13.1 Å². The van der Waals surface area contributed by atoms with Crippen molar-refractivity contribution in [2.75, 3.05) is 19.6 Å². The quantitative estimate of drug-likeness (QED) is 0.893. The molecule has 1 aromatic rings. The number of likely N-dealkylation sites (tertiary alicyclic amines) is 1. The molecule has 1 aliphatic rings. The Kier molecular flexibility index (Phi) is 5.38. The topological polar surface area (TPSA) is 32.3 Å². The van der Waals surface area contributed by atoms with Crippen molar-refractivity contribution in [3.63, 3.8) is 0 Å². The van der Waals surface area contributed by atoms with Gasteiger partial charge in [-0.3, -0.25) is 9.69 Å². The second kappa shape index (κ2) is 6.88. The number of piperidine rings is 1. The van der Waals surface area contributed by atoms with Crippen molar-refractivity contribution in [1.29, 1.82) is 0 Å². The average Bonchev–Trinajstić information content (AvgIpc) is 2.48. The van der Waals surface area contributed by atoms with Crippen LogP contribution in [0, 0.1) is 5.82 Å². The molecule has 1 amide bonds. The molecule has 0 aliphatic carbocycles. The monoisotopic (exact) mass is 356 g/mol. The molecule has 0 bridgehead atoms. The van der Waals surface area contributed by atoms with Gasteiger partial charge in [-0.05, 0) is 73.9 Å². The molecule has 2 rings (SSSR count). The number of nitrogens with zero attached hydrogens (tertiary/aromatic N) is 1. The first-order valence-corrected chi connectivity index (χ1v) is 8.18. The minimum absolute atomic E-state index is 0.0874. The molecule has 5 heteroatoms. The summed E-state index contributed by atoms with van der Waals surface area (Å²) in [6, 6.07) is 4.14. The molecule has 0 atom stereocenters. The van der Waals surface area contributed by atoms with Gasteiger partial charge < -0.3 is 5.32 Å². The summed E-state index contributed by atoms with van der Waals surface area (Å²) in [6.07, 6.45) is 3.72. The molecule has 1 N–H and O–H groups in total. The Labute approximate surface area is 134 Å². The number of halogens is 2. The van der Waals surface area contributed by atoms with Gasteiger partial charge in [0, 0.05) is 16.6 Å². The maximum absolute atomic E-state index is 13.3. The molecule has 1 heterocycles. The van der Waals surface area contributed by atoms with E-state index in [9.17, 15) is 9.18 Å². The van der Waals surface area contributed by atoms with Crippen LogP contribution in [-0.4, -0.2) is 36.0 Å². The van der Waals surface area contributed by atoms with E-state index in [1.165, 1.54) is 31.4 Å². The van der Waals surface area contributed by atoms with Gasteiger partial charge in [0.05, 0.1) is 5.56 Å². The SMILES string of the molecule is CC(C)(CNC(=O)c1cc(F)ccc1Br)N1CCCCC1. The number of amides is 1. The van der Waals surface area contributed by atoms with Crippen LogP contribution in [0.2, 0.25) is 0 Å². The van der Waals surface area contributed by atoms with Crippen LogP contribution in [0.25, 0.3) is 0 Å². The van der Waals surface area contributed by atoms with Crippen LogP contribution < -0.4 is 5.32 Å². The summed E-state index contributed by atoms with van der Waals surface area (Å²) in [5, 5.41) is 2.93. The number of nitrogens with one attached hydrogen (secondary N) is 1. The highest BCUT2D eigenvalue weighted by atomic mass is 79.9. The third-order valence-electron chi connectivity index (χ3n) is 4.07. The zero-order valence-electron chi connectivity index (χ0n) is 12.6. The van der Waals surface area contributed by atoms with Gasteiger partial charge in [0.1, 0.15) is 5.82 Å². The van der Waals surface area contributed by atoms with Crippen LogP contribution in [0.1, 0.15) is 43.5 Å². The van der Waals surface area contributed by atoms with Crippen LogP contribution in [0.4, 0.5) is 4.39 Å². The first kappa shape index (κ1) is 16.4. The molecule has 1 aliphatic heterocycles. The molecule has 0 radical (unpaired) electrons. The Morgan fingerprint density at radius 1 is 1.33 bits per heavy atom. The lowest BCUT2D eigenvalue weighted by molar-refractivity contribution is 0.0797. The Hall–Kier alpha value is -0.940. The van der Waals surface area contributed by atoms with Gasteiger partial charge in [0.25, 0.3) is 5.91 Å². The third-order valence-corrected chi connectivity index (χ3v) is 4.76. The van der Waals surface area contributed by atoms with Gasteiger partial charge in [-0.1, -0.05) is 6.42 Å². The molecule has 21 heavy (non-hydrogen) atoms. The second-order valence-corrected chi connectivity index (χ2v) is 7.02. The van der Waals surface area contributed by atoms with E-state index in [1.807, 2.05) is 0 Å². The molecular weight excluding hydrogens is 335 g/mol. The van der Waals surface area contributed by atoms with Gasteiger partial charge in [0.2, 0.25) is 0 Å². The van der Waals surface area contributed by atoms with Crippen LogP contribution in [0.5, 0.6) is 0 Å². The van der Waals surface area contributed by atoms with Crippen molar-refractivity contribution >= 4 is 21.8 Å². The van der Waals surface area contributed by atoms with Gasteiger partial charge in [-0.2, -0.15) is 0 Å². The Balaban J connectivity index is 1.98. The number of hydrogen-bond acceptors (Lipinski definition) is 2. The lowest BCUT2D eigenvalue weighted by atomic mass is 9.98. The minimum Gasteiger partial charge on any atom is -0.350 e. The lowest BCUT2D eigenvalue weighted by Gasteiger charge is -2.41. The molecule has 0 unspecified atom stereocenters. The number of carbonyl (C=O) groups is 1. The summed E-state index contributed by atoms with van der Waals surface area (Å²) in [5.41, 5.74) is 0.250. The molecule has 0 saturated carbocycles. The third kappa shape index (κ3) is 4.27. The Morgan fingerprint density at radius 2 is 2.00 bits per heavy atom. The standard InChI is InChI=1S/C16H22BrFN2O/c1-16(2,20-8-4-3-5-9-20)11-19-15(21)13-10-12(18)6-7-14(13)17/h6-7,10H,3-5,8-9,11H2,1-2H3,(H,19,21). The smallest absolute Gasteiger partial charge is 0.252 e. The molecule has 1 saturated heterocycles. The maximum atomic E-state index is 13.3. The van der Waals surface area contributed by atoms with E-state index in [4.69, 9.17) is 0 Å². The van der Waals surface area contributed by atoms with Crippen molar-refractivity contribution in [3.8, 4) is 0 Å². The molecule has 1 fully saturated rings. The second-order valence-electron chi connectivity index (χ2n) is 6.17. The number of carbonyl (C=O) groups excluding carboxylic acids is 1. The highest BCUT2D eigenvalue weighted by molar-refractivity contribution is 9.10. The van der Waals surface area contributed by atoms with E-state index in [-0.39, 0.29) is 11.4 Å². The summed E-state index contributed by atoms with van der Waals surface area (Å²) < 4.78 is 13.9. The first-order valence-electron chi connectivity index (χ1n) is 7.38. The van der Waals surface area contributed by atoms with Gasteiger partial charge >= 0.3 is 0 Å². The van der Waals surface area contributed by atoms with Gasteiger partial charge in [0.15, 0.2) is 0 Å². The number of hydrogen-bond donors (Lipinski definition) is 1. The zero-order chi connectivity index (χ0) is 15.5. The minimum atomic E-state index is -0.404. The predicted octanol–water partition coefficient (Wildman–Crippen LogP) is 3.58. The molecule has 116 valence electrons. The fourth-order valence-corrected chi connectivity index (χ4v) is 3.10. The largest absolute Gasteiger partial charge is 0.350 e. The van der Waals surface area contributed by atoms with E-state index >= 15 is 0 Å².